The summed E-state index contributed by atoms with van der Waals surface area (Å²) in [4.78, 5) is 54.4. The maximum atomic E-state index is 12.6. The topological polar surface area (TPSA) is 81.2 Å². The first-order valence-electron chi connectivity index (χ1n) is 7.26. The van der Waals surface area contributed by atoms with Gasteiger partial charge in [0.2, 0.25) is 11.8 Å². The Bertz CT molecular complexity index is 577. The predicted molar refractivity (Wildman–Crippen MR) is 77.4 cm³/mol. The lowest BCUT2D eigenvalue weighted by Crippen LogP contribution is -2.65. The zero-order valence-corrected chi connectivity index (χ0v) is 13.8. The summed E-state index contributed by atoms with van der Waals surface area (Å²) in [5, 5.41) is 0. The Morgan fingerprint density at radius 1 is 0.955 bits per heavy atom. The molecule has 6 amide bonds. The molecule has 2 fully saturated rings. The molecule has 0 N–H and O–H groups in total. The monoisotopic (exact) mass is 310 g/mol. The number of amides is 6. The highest BCUT2D eigenvalue weighted by Crippen LogP contribution is 2.50. The van der Waals surface area contributed by atoms with Crippen LogP contribution in [0.2, 0.25) is 0 Å². The molecule has 0 aliphatic carbocycles. The van der Waals surface area contributed by atoms with Crippen LogP contribution in [0.15, 0.2) is 0 Å². The van der Waals surface area contributed by atoms with Crippen molar-refractivity contribution >= 4 is 23.9 Å². The number of imide groups is 2. The minimum Gasteiger partial charge on any atom is -0.300 e. The van der Waals surface area contributed by atoms with E-state index in [1.54, 1.807) is 13.8 Å². The standard InChI is InChI=1S/C14H22N4O4/c1-7-8-10(20)18-12(22)16(6)13(3)14(18,4)17(9(2)19)11(21)15(13)5/h7-8H2,1-6H3/t13-,14+/m1/s1. The van der Waals surface area contributed by atoms with Crippen LogP contribution < -0.4 is 0 Å². The van der Waals surface area contributed by atoms with Crippen LogP contribution in [0.4, 0.5) is 9.59 Å². The number of likely N-dealkylation sites (N-methyl/N-ethyl adjacent to an activating group) is 2. The normalized spacial score (nSPS) is 31.2. The summed E-state index contributed by atoms with van der Waals surface area (Å²) in [7, 11) is 3.06. The molecule has 2 saturated heterocycles. The maximum Gasteiger partial charge on any atom is 0.330 e. The smallest absolute Gasteiger partial charge is 0.300 e. The van der Waals surface area contributed by atoms with Crippen molar-refractivity contribution in [2.24, 2.45) is 0 Å². The molecule has 0 aromatic heterocycles. The molecule has 0 saturated carbocycles. The summed E-state index contributed by atoms with van der Waals surface area (Å²) in [5.41, 5.74) is -2.49. The molecular formula is C14H22N4O4. The van der Waals surface area contributed by atoms with E-state index >= 15 is 0 Å². The SMILES string of the molecule is CCCC(=O)N1C(=O)N(C)[C@@]2(C)N(C)C(=O)N(C(C)=O)[C@@]12C. The number of carbonyl (C=O) groups is 4. The van der Waals surface area contributed by atoms with E-state index in [9.17, 15) is 19.2 Å². The zero-order valence-electron chi connectivity index (χ0n) is 13.8. The van der Waals surface area contributed by atoms with Gasteiger partial charge in [0, 0.05) is 27.4 Å². The first kappa shape index (κ1) is 16.3. The number of hydrogen-bond acceptors (Lipinski definition) is 4. The molecule has 0 unspecified atom stereocenters. The van der Waals surface area contributed by atoms with Gasteiger partial charge in [-0.05, 0) is 20.3 Å². The fourth-order valence-electron chi connectivity index (χ4n) is 3.55. The third-order valence-corrected chi connectivity index (χ3v) is 5.06. The molecule has 2 aliphatic heterocycles. The molecule has 22 heavy (non-hydrogen) atoms. The quantitative estimate of drug-likeness (QED) is 0.763. The van der Waals surface area contributed by atoms with Crippen LogP contribution in [0.5, 0.6) is 0 Å². The summed E-state index contributed by atoms with van der Waals surface area (Å²) in [6, 6.07) is -1.03. The van der Waals surface area contributed by atoms with E-state index in [4.69, 9.17) is 0 Å². The molecule has 0 aromatic rings. The Hall–Kier alpha value is -2.12. The minimum atomic E-state index is -1.37. The van der Waals surface area contributed by atoms with Crippen LogP contribution in [-0.4, -0.2) is 68.9 Å². The molecule has 0 bridgehead atoms. The van der Waals surface area contributed by atoms with E-state index in [-0.39, 0.29) is 12.3 Å². The third-order valence-electron chi connectivity index (χ3n) is 5.06. The average Bonchev–Trinajstić information content (AvgIpc) is 2.67. The van der Waals surface area contributed by atoms with Crippen LogP contribution >= 0.6 is 0 Å². The Morgan fingerprint density at radius 3 is 1.82 bits per heavy atom. The molecule has 0 spiro atoms. The summed E-state index contributed by atoms with van der Waals surface area (Å²) >= 11 is 0. The number of rotatable bonds is 2. The van der Waals surface area contributed by atoms with Gasteiger partial charge in [0.05, 0.1) is 0 Å². The van der Waals surface area contributed by atoms with Gasteiger partial charge in [-0.3, -0.25) is 9.59 Å². The van der Waals surface area contributed by atoms with E-state index in [0.717, 1.165) is 9.80 Å². The third kappa shape index (κ3) is 1.52. The predicted octanol–water partition coefficient (Wildman–Crippen LogP) is 1.03. The van der Waals surface area contributed by atoms with Crippen LogP contribution in [0.1, 0.15) is 40.5 Å². The van der Waals surface area contributed by atoms with Gasteiger partial charge in [0.25, 0.3) is 0 Å². The first-order chi connectivity index (χ1) is 10.1. The lowest BCUT2D eigenvalue weighted by molar-refractivity contribution is -0.145. The Balaban J connectivity index is 2.69. The number of carbonyl (C=O) groups excluding carboxylic acids is 4. The van der Waals surface area contributed by atoms with Crippen molar-refractivity contribution in [3.8, 4) is 0 Å². The van der Waals surface area contributed by atoms with Crippen LogP contribution in [-0.2, 0) is 9.59 Å². The molecule has 0 aromatic carbocycles. The van der Waals surface area contributed by atoms with E-state index < -0.39 is 29.3 Å². The van der Waals surface area contributed by atoms with Crippen molar-refractivity contribution in [1.29, 1.82) is 0 Å². The minimum absolute atomic E-state index is 0.175. The van der Waals surface area contributed by atoms with Crippen LogP contribution in [0.3, 0.4) is 0 Å². The van der Waals surface area contributed by atoms with Crippen molar-refractivity contribution in [3.05, 3.63) is 0 Å². The van der Waals surface area contributed by atoms with Crippen molar-refractivity contribution < 1.29 is 19.2 Å². The van der Waals surface area contributed by atoms with Gasteiger partial charge in [-0.25, -0.2) is 19.4 Å². The van der Waals surface area contributed by atoms with Crippen molar-refractivity contribution in [2.75, 3.05) is 14.1 Å². The molecule has 8 heteroatoms. The lowest BCUT2D eigenvalue weighted by atomic mass is 9.95. The highest BCUT2D eigenvalue weighted by Gasteiger charge is 2.75. The summed E-state index contributed by atoms with van der Waals surface area (Å²) in [6.07, 6.45) is 0.748. The highest BCUT2D eigenvalue weighted by atomic mass is 16.2. The zero-order chi connectivity index (χ0) is 17.0. The number of urea groups is 2. The van der Waals surface area contributed by atoms with Crippen LogP contribution in [0, 0.1) is 0 Å². The molecular weight excluding hydrogens is 288 g/mol. The van der Waals surface area contributed by atoms with E-state index in [2.05, 4.69) is 0 Å². The van der Waals surface area contributed by atoms with Gasteiger partial charge in [-0.2, -0.15) is 0 Å². The lowest BCUT2D eigenvalue weighted by Gasteiger charge is -2.42. The fraction of sp³-hybridized carbons (Fsp3) is 0.714. The van der Waals surface area contributed by atoms with Crippen molar-refractivity contribution in [1.82, 2.24) is 19.6 Å². The molecule has 2 rings (SSSR count). The summed E-state index contributed by atoms with van der Waals surface area (Å²) in [6.45, 7) is 6.36. The van der Waals surface area contributed by atoms with Gasteiger partial charge in [-0.1, -0.05) is 6.92 Å². The van der Waals surface area contributed by atoms with Gasteiger partial charge in [0.15, 0.2) is 11.3 Å². The van der Waals surface area contributed by atoms with E-state index in [1.807, 2.05) is 6.92 Å². The molecule has 2 atom stereocenters. The van der Waals surface area contributed by atoms with Crippen LogP contribution in [0.25, 0.3) is 0 Å². The number of fused-ring (bicyclic) bond motifs is 1. The molecule has 2 aliphatic rings. The second kappa shape index (κ2) is 4.69. The second-order valence-electron chi connectivity index (χ2n) is 6.06. The Morgan fingerprint density at radius 2 is 1.41 bits per heavy atom. The second-order valence-corrected chi connectivity index (χ2v) is 6.06. The van der Waals surface area contributed by atoms with Gasteiger partial charge in [0.1, 0.15) is 0 Å². The average molecular weight is 310 g/mol. The maximum absolute atomic E-state index is 12.6. The Kier molecular flexibility index (Phi) is 3.46. The summed E-state index contributed by atoms with van der Waals surface area (Å²) in [5.74, 6) is -0.889. The van der Waals surface area contributed by atoms with Crippen molar-refractivity contribution in [2.45, 2.75) is 51.9 Å². The number of nitrogens with zero attached hydrogens (tertiary/aromatic N) is 4. The molecule has 2 heterocycles. The summed E-state index contributed by atoms with van der Waals surface area (Å²) < 4.78 is 0. The Labute approximate surface area is 129 Å². The van der Waals surface area contributed by atoms with Gasteiger partial charge < -0.3 is 9.80 Å². The first-order valence-corrected chi connectivity index (χ1v) is 7.26. The van der Waals surface area contributed by atoms with E-state index in [0.29, 0.717) is 6.42 Å². The number of hydrogen-bond donors (Lipinski definition) is 0. The fourth-order valence-corrected chi connectivity index (χ4v) is 3.55. The molecule has 8 nitrogen and oxygen atoms in total. The van der Waals surface area contributed by atoms with Crippen molar-refractivity contribution in [3.63, 3.8) is 0 Å². The van der Waals surface area contributed by atoms with Gasteiger partial charge >= 0.3 is 12.1 Å². The molecule has 0 radical (unpaired) electrons. The van der Waals surface area contributed by atoms with Gasteiger partial charge in [-0.15, -0.1) is 0 Å². The molecule has 122 valence electrons. The largest absolute Gasteiger partial charge is 0.330 e. The van der Waals surface area contributed by atoms with E-state index in [1.165, 1.54) is 30.8 Å². The highest BCUT2D eigenvalue weighted by molar-refractivity contribution is 6.04.